The number of rotatable bonds is 8. The van der Waals surface area contributed by atoms with Gasteiger partial charge in [-0.2, -0.15) is 0 Å². The van der Waals surface area contributed by atoms with Gasteiger partial charge in [0.05, 0.1) is 6.61 Å². The summed E-state index contributed by atoms with van der Waals surface area (Å²) in [4.78, 5) is 12.0. The number of benzene rings is 1. The van der Waals surface area contributed by atoms with E-state index in [1.807, 2.05) is 24.3 Å². The number of ether oxygens (including phenoxy) is 1. The van der Waals surface area contributed by atoms with Gasteiger partial charge in [-0.15, -0.1) is 0 Å². The lowest BCUT2D eigenvalue weighted by atomic mass is 9.84. The van der Waals surface area contributed by atoms with Crippen molar-refractivity contribution in [3.8, 4) is 0 Å². The van der Waals surface area contributed by atoms with Crippen LogP contribution < -0.4 is 11.1 Å². The standard InChI is InChI=1S/C16H26N2O2/c1-16(2,9-10-17)8-7-15(19)18-14-6-4-5-13(11-14)12-20-3/h4-6,11H,7-10,12,17H2,1-3H3,(H,18,19). The zero-order valence-corrected chi connectivity index (χ0v) is 12.7. The van der Waals surface area contributed by atoms with Crippen LogP contribution in [0.15, 0.2) is 24.3 Å². The van der Waals surface area contributed by atoms with Crippen molar-refractivity contribution in [2.75, 3.05) is 19.0 Å². The Bertz CT molecular complexity index is 430. The van der Waals surface area contributed by atoms with Crippen molar-refractivity contribution >= 4 is 11.6 Å². The van der Waals surface area contributed by atoms with Crippen molar-refractivity contribution in [3.63, 3.8) is 0 Å². The molecule has 0 heterocycles. The maximum absolute atomic E-state index is 12.0. The number of carbonyl (C=O) groups is 1. The van der Waals surface area contributed by atoms with Crippen LogP contribution in [0.1, 0.15) is 38.7 Å². The molecule has 3 N–H and O–H groups in total. The zero-order valence-electron chi connectivity index (χ0n) is 12.7. The summed E-state index contributed by atoms with van der Waals surface area (Å²) < 4.78 is 5.08. The van der Waals surface area contributed by atoms with Crippen molar-refractivity contribution < 1.29 is 9.53 Å². The minimum Gasteiger partial charge on any atom is -0.380 e. The van der Waals surface area contributed by atoms with Gasteiger partial charge in [0.2, 0.25) is 5.91 Å². The molecule has 0 fully saturated rings. The Morgan fingerprint density at radius 3 is 2.75 bits per heavy atom. The molecule has 1 amide bonds. The highest BCUT2D eigenvalue weighted by Gasteiger charge is 2.18. The zero-order chi connectivity index (χ0) is 15.0. The van der Waals surface area contributed by atoms with Gasteiger partial charge in [0, 0.05) is 19.2 Å². The fourth-order valence-electron chi connectivity index (χ4n) is 2.10. The van der Waals surface area contributed by atoms with Gasteiger partial charge in [0.25, 0.3) is 0 Å². The van der Waals surface area contributed by atoms with Crippen LogP contribution in [0, 0.1) is 5.41 Å². The molecule has 20 heavy (non-hydrogen) atoms. The van der Waals surface area contributed by atoms with E-state index in [-0.39, 0.29) is 11.3 Å². The van der Waals surface area contributed by atoms with Crippen LogP contribution in [0.2, 0.25) is 0 Å². The van der Waals surface area contributed by atoms with E-state index in [1.165, 1.54) is 0 Å². The minimum atomic E-state index is 0.0460. The third-order valence-corrected chi connectivity index (χ3v) is 3.37. The molecule has 0 aliphatic heterocycles. The average molecular weight is 278 g/mol. The maximum atomic E-state index is 12.0. The molecule has 0 spiro atoms. The lowest BCUT2D eigenvalue weighted by molar-refractivity contribution is -0.116. The van der Waals surface area contributed by atoms with E-state index in [9.17, 15) is 4.79 Å². The SMILES string of the molecule is COCc1cccc(NC(=O)CCC(C)(C)CCN)c1. The van der Waals surface area contributed by atoms with Crippen molar-refractivity contribution in [3.05, 3.63) is 29.8 Å². The second-order valence-electron chi connectivity index (χ2n) is 5.88. The molecule has 1 rings (SSSR count). The Morgan fingerprint density at radius 1 is 1.35 bits per heavy atom. The third-order valence-electron chi connectivity index (χ3n) is 3.37. The highest BCUT2D eigenvalue weighted by molar-refractivity contribution is 5.90. The molecule has 0 unspecified atom stereocenters. The Balaban J connectivity index is 2.48. The number of carbonyl (C=O) groups excluding carboxylic acids is 1. The molecular weight excluding hydrogens is 252 g/mol. The molecule has 1 aromatic carbocycles. The third kappa shape index (κ3) is 6.17. The lowest BCUT2D eigenvalue weighted by Gasteiger charge is -2.23. The van der Waals surface area contributed by atoms with E-state index in [0.717, 1.165) is 24.1 Å². The molecule has 4 heteroatoms. The fourth-order valence-corrected chi connectivity index (χ4v) is 2.10. The summed E-state index contributed by atoms with van der Waals surface area (Å²) in [5.41, 5.74) is 7.56. The van der Waals surface area contributed by atoms with E-state index in [2.05, 4.69) is 19.2 Å². The summed E-state index contributed by atoms with van der Waals surface area (Å²) >= 11 is 0. The molecule has 1 aromatic rings. The number of amides is 1. The van der Waals surface area contributed by atoms with Crippen LogP contribution in [-0.2, 0) is 16.1 Å². The molecule has 0 aliphatic rings. The first-order valence-corrected chi connectivity index (χ1v) is 7.04. The number of methoxy groups -OCH3 is 1. The molecule has 0 saturated carbocycles. The van der Waals surface area contributed by atoms with Gasteiger partial charge >= 0.3 is 0 Å². The quantitative estimate of drug-likeness (QED) is 0.768. The molecule has 0 atom stereocenters. The molecule has 0 saturated heterocycles. The molecule has 112 valence electrons. The van der Waals surface area contributed by atoms with Crippen molar-refractivity contribution in [2.24, 2.45) is 11.1 Å². The van der Waals surface area contributed by atoms with E-state index in [1.54, 1.807) is 7.11 Å². The molecule has 0 aliphatic carbocycles. The Morgan fingerprint density at radius 2 is 2.10 bits per heavy atom. The van der Waals surface area contributed by atoms with Gasteiger partial charge in [-0.3, -0.25) is 4.79 Å². The normalized spacial score (nSPS) is 11.4. The van der Waals surface area contributed by atoms with Crippen molar-refractivity contribution in [2.45, 2.75) is 39.7 Å². The Hall–Kier alpha value is -1.39. The van der Waals surface area contributed by atoms with Gasteiger partial charge in [0.15, 0.2) is 0 Å². The summed E-state index contributed by atoms with van der Waals surface area (Å²) in [5, 5.41) is 2.93. The molecule has 4 nitrogen and oxygen atoms in total. The summed E-state index contributed by atoms with van der Waals surface area (Å²) in [5.74, 6) is 0.0460. The van der Waals surface area contributed by atoms with Crippen LogP contribution in [0.25, 0.3) is 0 Å². The van der Waals surface area contributed by atoms with Crippen LogP contribution in [-0.4, -0.2) is 19.6 Å². The molecular formula is C16H26N2O2. The summed E-state index contributed by atoms with van der Waals surface area (Å²) in [6.07, 6.45) is 2.29. The van der Waals surface area contributed by atoms with Crippen LogP contribution in [0.4, 0.5) is 5.69 Å². The highest BCUT2D eigenvalue weighted by Crippen LogP contribution is 2.26. The first-order valence-electron chi connectivity index (χ1n) is 7.04. The fraction of sp³-hybridized carbons (Fsp3) is 0.562. The largest absolute Gasteiger partial charge is 0.380 e. The van der Waals surface area contributed by atoms with Gasteiger partial charge in [0.1, 0.15) is 0 Å². The van der Waals surface area contributed by atoms with Gasteiger partial charge < -0.3 is 15.8 Å². The van der Waals surface area contributed by atoms with Crippen molar-refractivity contribution in [1.29, 1.82) is 0 Å². The predicted octanol–water partition coefficient (Wildman–Crippen LogP) is 2.93. The lowest BCUT2D eigenvalue weighted by Crippen LogP contribution is -2.20. The average Bonchev–Trinajstić information content (AvgIpc) is 2.37. The monoisotopic (exact) mass is 278 g/mol. The Labute approximate surface area is 121 Å². The number of anilines is 1. The summed E-state index contributed by atoms with van der Waals surface area (Å²) in [6.45, 7) is 5.50. The topological polar surface area (TPSA) is 64.3 Å². The summed E-state index contributed by atoms with van der Waals surface area (Å²) in [7, 11) is 1.66. The van der Waals surface area contributed by atoms with E-state index in [0.29, 0.717) is 19.6 Å². The molecule has 0 bridgehead atoms. The predicted molar refractivity (Wildman–Crippen MR) is 82.5 cm³/mol. The van der Waals surface area contributed by atoms with E-state index < -0.39 is 0 Å². The Kier molecular flexibility index (Phi) is 6.68. The number of nitrogens with one attached hydrogen (secondary N) is 1. The van der Waals surface area contributed by atoms with Crippen LogP contribution in [0.5, 0.6) is 0 Å². The van der Waals surface area contributed by atoms with Crippen molar-refractivity contribution in [1.82, 2.24) is 0 Å². The second kappa shape index (κ2) is 8.02. The molecule has 0 radical (unpaired) electrons. The first-order chi connectivity index (χ1) is 9.46. The van der Waals surface area contributed by atoms with Gasteiger partial charge in [-0.1, -0.05) is 26.0 Å². The summed E-state index contributed by atoms with van der Waals surface area (Å²) in [6, 6.07) is 7.72. The first kappa shape index (κ1) is 16.7. The second-order valence-corrected chi connectivity index (χ2v) is 5.88. The number of hydrogen-bond acceptors (Lipinski definition) is 3. The number of nitrogens with two attached hydrogens (primary N) is 1. The van der Waals surface area contributed by atoms with Crippen LogP contribution in [0.3, 0.4) is 0 Å². The van der Waals surface area contributed by atoms with Gasteiger partial charge in [-0.05, 0) is 42.5 Å². The van der Waals surface area contributed by atoms with Gasteiger partial charge in [-0.25, -0.2) is 0 Å². The van der Waals surface area contributed by atoms with Crippen LogP contribution >= 0.6 is 0 Å². The number of hydrogen-bond donors (Lipinski definition) is 2. The maximum Gasteiger partial charge on any atom is 0.224 e. The minimum absolute atomic E-state index is 0.0460. The smallest absolute Gasteiger partial charge is 0.224 e. The molecule has 0 aromatic heterocycles. The van der Waals surface area contributed by atoms with E-state index >= 15 is 0 Å². The van der Waals surface area contributed by atoms with E-state index in [4.69, 9.17) is 10.5 Å². The highest BCUT2D eigenvalue weighted by atomic mass is 16.5.